The monoisotopic (exact) mass is 472 g/mol. The second kappa shape index (κ2) is 8.67. The fraction of sp³-hybridized carbons (Fsp3) is 0.476. The molecule has 0 aromatic carbocycles. The van der Waals surface area contributed by atoms with Crippen LogP contribution in [0, 0.1) is 0 Å². The van der Waals surface area contributed by atoms with Crippen molar-refractivity contribution in [2.24, 2.45) is 0 Å². The molecule has 0 saturated carbocycles. The average molecular weight is 473 g/mol. The Hall–Kier alpha value is -2.72. The summed E-state index contributed by atoms with van der Waals surface area (Å²) in [6.07, 6.45) is 6.08. The second-order valence-corrected chi connectivity index (χ2v) is 10.1. The number of thiazole rings is 1. The van der Waals surface area contributed by atoms with Gasteiger partial charge in [0.2, 0.25) is 11.9 Å². The first kappa shape index (κ1) is 21.1. The van der Waals surface area contributed by atoms with Crippen LogP contribution < -0.4 is 15.5 Å². The highest BCUT2D eigenvalue weighted by atomic mass is 35.5. The molecule has 5 rings (SSSR count). The Labute approximate surface area is 195 Å². The summed E-state index contributed by atoms with van der Waals surface area (Å²) < 4.78 is 0.542. The Morgan fingerprint density at radius 3 is 2.94 bits per heavy atom. The number of hydrogen-bond donors (Lipinski definition) is 3. The predicted octanol–water partition coefficient (Wildman–Crippen LogP) is 4.27. The standard InChI is InChI=1S/C21H25ClN8OS/c1-11(2)14-9-17(29-28-14)25-18-12-5-3-6-13(12)24-20(26-18)30-8-4-7-15(30)19(31)27-21-23-10-16(22)32-21/h9-11,15H,3-8H2,1-2H3,(H,23,27,31)(H2,24,25,26,28,29)/t15-/m1/s1. The number of amides is 1. The number of nitrogens with zero attached hydrogens (tertiary/aromatic N) is 5. The lowest BCUT2D eigenvalue weighted by atomic mass is 10.1. The van der Waals surface area contributed by atoms with E-state index in [9.17, 15) is 4.79 Å². The van der Waals surface area contributed by atoms with Crippen molar-refractivity contribution < 1.29 is 4.79 Å². The van der Waals surface area contributed by atoms with Crippen molar-refractivity contribution in [1.29, 1.82) is 0 Å². The molecule has 3 aromatic rings. The highest BCUT2D eigenvalue weighted by Crippen LogP contribution is 2.33. The molecule has 0 radical (unpaired) electrons. The average Bonchev–Trinajstić information content (AvgIpc) is 3.54. The number of hydrogen-bond acceptors (Lipinski definition) is 8. The molecule has 1 atom stereocenters. The number of nitrogens with one attached hydrogen (secondary N) is 3. The van der Waals surface area contributed by atoms with Gasteiger partial charge in [-0.25, -0.2) is 9.97 Å². The molecule has 3 aromatic heterocycles. The van der Waals surface area contributed by atoms with E-state index in [0.29, 0.717) is 21.3 Å². The number of aromatic nitrogens is 5. The molecule has 1 saturated heterocycles. The van der Waals surface area contributed by atoms with Gasteiger partial charge in [-0.3, -0.25) is 9.89 Å². The van der Waals surface area contributed by atoms with Gasteiger partial charge in [-0.05, 0) is 38.0 Å². The van der Waals surface area contributed by atoms with E-state index in [0.717, 1.165) is 67.2 Å². The van der Waals surface area contributed by atoms with Crippen LogP contribution >= 0.6 is 22.9 Å². The zero-order chi connectivity index (χ0) is 22.2. The lowest BCUT2D eigenvalue weighted by Gasteiger charge is -2.24. The number of halogens is 1. The van der Waals surface area contributed by atoms with Crippen LogP contribution in [0.2, 0.25) is 4.34 Å². The van der Waals surface area contributed by atoms with Crippen molar-refractivity contribution in [3.8, 4) is 0 Å². The van der Waals surface area contributed by atoms with E-state index >= 15 is 0 Å². The maximum Gasteiger partial charge on any atom is 0.248 e. The van der Waals surface area contributed by atoms with Gasteiger partial charge >= 0.3 is 0 Å². The summed E-state index contributed by atoms with van der Waals surface area (Å²) in [6, 6.07) is 1.67. The van der Waals surface area contributed by atoms with E-state index in [-0.39, 0.29) is 11.9 Å². The number of H-pyrrole nitrogens is 1. The fourth-order valence-electron chi connectivity index (χ4n) is 4.25. The van der Waals surface area contributed by atoms with Crippen LogP contribution in [0.4, 0.5) is 22.7 Å². The van der Waals surface area contributed by atoms with Crippen molar-refractivity contribution in [3.05, 3.63) is 33.6 Å². The molecular weight excluding hydrogens is 448 g/mol. The van der Waals surface area contributed by atoms with Crippen molar-refractivity contribution in [1.82, 2.24) is 25.1 Å². The van der Waals surface area contributed by atoms with Gasteiger partial charge in [0.25, 0.3) is 0 Å². The Morgan fingerprint density at radius 2 is 2.19 bits per heavy atom. The quantitative estimate of drug-likeness (QED) is 0.491. The third-order valence-corrected chi connectivity index (χ3v) is 6.94. The lowest BCUT2D eigenvalue weighted by Crippen LogP contribution is -2.40. The topological polar surface area (TPSA) is 112 Å². The lowest BCUT2D eigenvalue weighted by molar-refractivity contribution is -0.117. The van der Waals surface area contributed by atoms with Gasteiger partial charge in [0.15, 0.2) is 10.9 Å². The number of aryl methyl sites for hydroxylation is 1. The molecule has 1 aliphatic heterocycles. The molecule has 11 heteroatoms. The first-order chi connectivity index (χ1) is 15.5. The van der Waals surface area contributed by atoms with Gasteiger partial charge in [0.1, 0.15) is 16.2 Å². The summed E-state index contributed by atoms with van der Waals surface area (Å²) in [5.41, 5.74) is 3.26. The minimum atomic E-state index is -0.345. The molecule has 0 unspecified atom stereocenters. The molecule has 4 heterocycles. The van der Waals surface area contributed by atoms with Gasteiger partial charge in [-0.15, -0.1) is 0 Å². The number of anilines is 4. The van der Waals surface area contributed by atoms with Crippen molar-refractivity contribution >= 4 is 51.6 Å². The molecule has 0 spiro atoms. The summed E-state index contributed by atoms with van der Waals surface area (Å²) >= 11 is 7.19. The Morgan fingerprint density at radius 1 is 1.31 bits per heavy atom. The van der Waals surface area contributed by atoms with Gasteiger partial charge in [0, 0.05) is 23.9 Å². The van der Waals surface area contributed by atoms with Gasteiger partial charge in [-0.2, -0.15) is 10.1 Å². The number of rotatable bonds is 6. The first-order valence-electron chi connectivity index (χ1n) is 10.9. The van der Waals surface area contributed by atoms with E-state index in [1.165, 1.54) is 17.5 Å². The number of fused-ring (bicyclic) bond motifs is 1. The predicted molar refractivity (Wildman–Crippen MR) is 126 cm³/mol. The van der Waals surface area contributed by atoms with Crippen LogP contribution in [-0.2, 0) is 17.6 Å². The zero-order valence-electron chi connectivity index (χ0n) is 18.0. The highest BCUT2D eigenvalue weighted by molar-refractivity contribution is 7.19. The SMILES string of the molecule is CC(C)c1cc(Nc2nc(N3CCC[C@@H]3C(=O)Nc3ncc(Cl)s3)nc3c2CCC3)n[nH]1. The Bertz CT molecular complexity index is 1140. The molecule has 9 nitrogen and oxygen atoms in total. The van der Waals surface area contributed by atoms with Gasteiger partial charge < -0.3 is 15.5 Å². The molecular formula is C21H25ClN8OS. The van der Waals surface area contributed by atoms with Crippen LogP contribution in [0.5, 0.6) is 0 Å². The Balaban J connectivity index is 1.41. The molecule has 3 N–H and O–H groups in total. The van der Waals surface area contributed by atoms with E-state index < -0.39 is 0 Å². The summed E-state index contributed by atoms with van der Waals surface area (Å²) in [6.45, 7) is 4.97. The third-order valence-electron chi connectivity index (χ3n) is 5.91. The van der Waals surface area contributed by atoms with Crippen LogP contribution in [0.1, 0.15) is 56.0 Å². The minimum absolute atomic E-state index is 0.110. The Kier molecular flexibility index (Phi) is 5.73. The second-order valence-electron chi connectivity index (χ2n) is 8.45. The molecule has 168 valence electrons. The summed E-state index contributed by atoms with van der Waals surface area (Å²) in [5.74, 6) is 2.36. The first-order valence-corrected chi connectivity index (χ1v) is 12.1. The van der Waals surface area contributed by atoms with E-state index in [2.05, 4.69) is 39.7 Å². The van der Waals surface area contributed by atoms with Crippen molar-refractivity contribution in [2.45, 2.75) is 57.9 Å². The number of aromatic amines is 1. The van der Waals surface area contributed by atoms with Crippen LogP contribution in [-0.4, -0.2) is 43.6 Å². The summed E-state index contributed by atoms with van der Waals surface area (Å²) in [4.78, 5) is 28.8. The largest absolute Gasteiger partial charge is 0.329 e. The molecule has 1 amide bonds. The van der Waals surface area contributed by atoms with Gasteiger partial charge in [-0.1, -0.05) is 36.8 Å². The highest BCUT2D eigenvalue weighted by Gasteiger charge is 2.34. The molecule has 1 fully saturated rings. The molecule has 32 heavy (non-hydrogen) atoms. The summed E-state index contributed by atoms with van der Waals surface area (Å²) in [5, 5.41) is 14.2. The smallest absolute Gasteiger partial charge is 0.248 e. The molecule has 2 aliphatic rings. The van der Waals surface area contributed by atoms with Crippen LogP contribution in [0.25, 0.3) is 0 Å². The normalized spacial score (nSPS) is 17.8. The zero-order valence-corrected chi connectivity index (χ0v) is 19.6. The van der Waals surface area contributed by atoms with E-state index in [1.54, 1.807) is 0 Å². The third kappa shape index (κ3) is 4.16. The maximum atomic E-state index is 13.0. The van der Waals surface area contributed by atoms with Crippen molar-refractivity contribution in [3.63, 3.8) is 0 Å². The van der Waals surface area contributed by atoms with Gasteiger partial charge in [0.05, 0.1) is 11.9 Å². The van der Waals surface area contributed by atoms with E-state index in [1.807, 2.05) is 11.0 Å². The molecule has 0 bridgehead atoms. The fourth-order valence-corrected chi connectivity index (χ4v) is 5.06. The number of carbonyl (C=O) groups excluding carboxylic acids is 1. The molecule has 1 aliphatic carbocycles. The van der Waals surface area contributed by atoms with Crippen LogP contribution in [0.15, 0.2) is 12.3 Å². The number of carbonyl (C=O) groups is 1. The summed E-state index contributed by atoms with van der Waals surface area (Å²) in [7, 11) is 0. The maximum absolute atomic E-state index is 13.0. The minimum Gasteiger partial charge on any atom is -0.329 e. The van der Waals surface area contributed by atoms with E-state index in [4.69, 9.17) is 21.6 Å². The van der Waals surface area contributed by atoms with Crippen molar-refractivity contribution in [2.75, 3.05) is 22.1 Å². The van der Waals surface area contributed by atoms with Crippen LogP contribution in [0.3, 0.4) is 0 Å².